The van der Waals surface area contributed by atoms with Crippen LogP contribution in [0.2, 0.25) is 0 Å². The number of hydrogen-bond acceptors (Lipinski definition) is 2. The van der Waals surface area contributed by atoms with E-state index in [0.717, 1.165) is 6.54 Å². The zero-order chi connectivity index (χ0) is 12.1. The van der Waals surface area contributed by atoms with E-state index >= 15 is 0 Å². The second kappa shape index (κ2) is 5.70. The van der Waals surface area contributed by atoms with Gasteiger partial charge in [-0.05, 0) is 26.9 Å². The molecule has 0 amide bonds. The normalized spacial score (nSPS) is 13.6. The van der Waals surface area contributed by atoms with Crippen LogP contribution in [0, 0.1) is 0 Å². The number of halogens is 3. The van der Waals surface area contributed by atoms with Gasteiger partial charge >= 0.3 is 6.18 Å². The molecule has 0 aromatic carbocycles. The maximum Gasteiger partial charge on any atom is 0.401 e. The summed E-state index contributed by atoms with van der Waals surface area (Å²) in [5.74, 6) is 0. The van der Waals surface area contributed by atoms with Gasteiger partial charge in [-0.2, -0.15) is 13.2 Å². The molecule has 0 aliphatic carbocycles. The average molecular weight is 226 g/mol. The lowest BCUT2D eigenvalue weighted by molar-refractivity contribution is -0.147. The SMILES string of the molecule is CCNC(C)(C)CN(CC)CC(F)(F)F. The molecule has 0 radical (unpaired) electrons. The summed E-state index contributed by atoms with van der Waals surface area (Å²) in [6, 6.07) is 0. The quantitative estimate of drug-likeness (QED) is 0.747. The van der Waals surface area contributed by atoms with Gasteiger partial charge in [-0.3, -0.25) is 4.90 Å². The molecule has 0 saturated heterocycles. The van der Waals surface area contributed by atoms with Gasteiger partial charge in [0.2, 0.25) is 0 Å². The first kappa shape index (κ1) is 14.7. The van der Waals surface area contributed by atoms with E-state index < -0.39 is 12.7 Å². The van der Waals surface area contributed by atoms with Crippen LogP contribution in [0.3, 0.4) is 0 Å². The van der Waals surface area contributed by atoms with Crippen molar-refractivity contribution in [1.82, 2.24) is 10.2 Å². The highest BCUT2D eigenvalue weighted by molar-refractivity contribution is 4.81. The Bertz CT molecular complexity index is 178. The third-order valence-electron chi connectivity index (χ3n) is 2.12. The minimum Gasteiger partial charge on any atom is -0.311 e. The molecule has 0 aromatic rings. The molecule has 0 bridgehead atoms. The first-order valence-electron chi connectivity index (χ1n) is 5.24. The Morgan fingerprint density at radius 3 is 1.93 bits per heavy atom. The van der Waals surface area contributed by atoms with Crippen molar-refractivity contribution in [2.45, 2.75) is 39.4 Å². The van der Waals surface area contributed by atoms with Crippen molar-refractivity contribution in [3.63, 3.8) is 0 Å². The van der Waals surface area contributed by atoms with Crippen LogP contribution in [-0.4, -0.2) is 42.8 Å². The van der Waals surface area contributed by atoms with E-state index in [-0.39, 0.29) is 5.54 Å². The summed E-state index contributed by atoms with van der Waals surface area (Å²) in [5, 5.41) is 3.16. The molecule has 15 heavy (non-hydrogen) atoms. The van der Waals surface area contributed by atoms with Gasteiger partial charge in [-0.1, -0.05) is 13.8 Å². The minimum atomic E-state index is -4.11. The Morgan fingerprint density at radius 2 is 1.60 bits per heavy atom. The molecule has 0 unspecified atom stereocenters. The summed E-state index contributed by atoms with van der Waals surface area (Å²) in [6.07, 6.45) is -4.11. The van der Waals surface area contributed by atoms with Gasteiger partial charge in [0.05, 0.1) is 6.54 Å². The van der Waals surface area contributed by atoms with Crippen molar-refractivity contribution in [2.75, 3.05) is 26.2 Å². The lowest BCUT2D eigenvalue weighted by Crippen LogP contribution is -2.50. The Labute approximate surface area is 89.8 Å². The number of alkyl halides is 3. The molecule has 5 heteroatoms. The molecule has 0 aliphatic heterocycles. The van der Waals surface area contributed by atoms with Crippen molar-refractivity contribution >= 4 is 0 Å². The molecule has 0 saturated carbocycles. The zero-order valence-corrected chi connectivity index (χ0v) is 9.91. The molecule has 0 heterocycles. The van der Waals surface area contributed by atoms with Crippen LogP contribution in [0.1, 0.15) is 27.7 Å². The highest BCUT2D eigenvalue weighted by Crippen LogP contribution is 2.17. The van der Waals surface area contributed by atoms with Gasteiger partial charge in [0.25, 0.3) is 0 Å². The first-order valence-corrected chi connectivity index (χ1v) is 5.24. The molecule has 0 atom stereocenters. The molecule has 0 rings (SSSR count). The third-order valence-corrected chi connectivity index (χ3v) is 2.12. The van der Waals surface area contributed by atoms with Gasteiger partial charge in [0.1, 0.15) is 0 Å². The fraction of sp³-hybridized carbons (Fsp3) is 1.00. The van der Waals surface area contributed by atoms with E-state index in [1.54, 1.807) is 6.92 Å². The first-order chi connectivity index (χ1) is 6.70. The molecular weight excluding hydrogens is 205 g/mol. The number of hydrogen-bond donors (Lipinski definition) is 1. The summed E-state index contributed by atoms with van der Waals surface area (Å²) >= 11 is 0. The van der Waals surface area contributed by atoms with Crippen molar-refractivity contribution in [2.24, 2.45) is 0 Å². The van der Waals surface area contributed by atoms with Crippen molar-refractivity contribution in [3.8, 4) is 0 Å². The summed E-state index contributed by atoms with van der Waals surface area (Å²) in [4.78, 5) is 1.41. The average Bonchev–Trinajstić information content (AvgIpc) is 1.99. The van der Waals surface area contributed by atoms with Crippen LogP contribution in [0.5, 0.6) is 0 Å². The Hall–Kier alpha value is -0.290. The van der Waals surface area contributed by atoms with E-state index in [1.165, 1.54) is 4.90 Å². The summed E-state index contributed by atoms with van der Waals surface area (Å²) in [5.41, 5.74) is -0.282. The van der Waals surface area contributed by atoms with E-state index in [0.29, 0.717) is 13.1 Å². The third kappa shape index (κ3) is 7.62. The summed E-state index contributed by atoms with van der Waals surface area (Å²) in [7, 11) is 0. The topological polar surface area (TPSA) is 15.3 Å². The molecule has 0 fully saturated rings. The highest BCUT2D eigenvalue weighted by Gasteiger charge is 2.32. The number of rotatable bonds is 6. The van der Waals surface area contributed by atoms with Gasteiger partial charge in [0.15, 0.2) is 0 Å². The lowest BCUT2D eigenvalue weighted by Gasteiger charge is -2.33. The highest BCUT2D eigenvalue weighted by atomic mass is 19.4. The van der Waals surface area contributed by atoms with E-state index in [1.807, 2.05) is 20.8 Å². The van der Waals surface area contributed by atoms with Crippen LogP contribution < -0.4 is 5.32 Å². The van der Waals surface area contributed by atoms with Crippen molar-refractivity contribution in [3.05, 3.63) is 0 Å². The van der Waals surface area contributed by atoms with Crippen molar-refractivity contribution < 1.29 is 13.2 Å². The predicted molar refractivity (Wildman–Crippen MR) is 55.9 cm³/mol. The fourth-order valence-electron chi connectivity index (χ4n) is 1.63. The van der Waals surface area contributed by atoms with E-state index in [4.69, 9.17) is 0 Å². The molecule has 1 N–H and O–H groups in total. The second-order valence-electron chi connectivity index (χ2n) is 4.33. The van der Waals surface area contributed by atoms with Crippen LogP contribution >= 0.6 is 0 Å². The van der Waals surface area contributed by atoms with Gasteiger partial charge in [-0.25, -0.2) is 0 Å². The maximum absolute atomic E-state index is 12.2. The summed E-state index contributed by atoms with van der Waals surface area (Å²) < 4.78 is 36.6. The van der Waals surface area contributed by atoms with Gasteiger partial charge in [-0.15, -0.1) is 0 Å². The van der Waals surface area contributed by atoms with Gasteiger partial charge < -0.3 is 5.32 Å². The van der Waals surface area contributed by atoms with Crippen molar-refractivity contribution in [1.29, 1.82) is 0 Å². The van der Waals surface area contributed by atoms with Crippen LogP contribution in [0.25, 0.3) is 0 Å². The van der Waals surface area contributed by atoms with E-state index in [9.17, 15) is 13.2 Å². The maximum atomic E-state index is 12.2. The second-order valence-corrected chi connectivity index (χ2v) is 4.33. The molecule has 0 aliphatic rings. The largest absolute Gasteiger partial charge is 0.401 e. The molecular formula is C10H21F3N2. The molecule has 0 aromatic heterocycles. The monoisotopic (exact) mass is 226 g/mol. The lowest BCUT2D eigenvalue weighted by atomic mass is 10.0. The number of nitrogens with one attached hydrogen (secondary N) is 1. The zero-order valence-electron chi connectivity index (χ0n) is 9.91. The van der Waals surface area contributed by atoms with Crippen LogP contribution in [-0.2, 0) is 0 Å². The Kier molecular flexibility index (Phi) is 5.59. The predicted octanol–water partition coefficient (Wildman–Crippen LogP) is 2.26. The molecule has 2 nitrogen and oxygen atoms in total. The Morgan fingerprint density at radius 1 is 1.07 bits per heavy atom. The summed E-state index contributed by atoms with van der Waals surface area (Å²) in [6.45, 7) is 8.25. The fourth-order valence-corrected chi connectivity index (χ4v) is 1.63. The smallest absolute Gasteiger partial charge is 0.311 e. The number of likely N-dealkylation sites (N-methyl/N-ethyl adjacent to an activating group) is 2. The van der Waals surface area contributed by atoms with Gasteiger partial charge in [0, 0.05) is 12.1 Å². The molecule has 0 spiro atoms. The Balaban J connectivity index is 4.20. The van der Waals surface area contributed by atoms with E-state index in [2.05, 4.69) is 5.32 Å². The standard InChI is InChI=1S/C10H21F3N2/c1-5-14-9(3,4)7-15(6-2)8-10(11,12)13/h14H,5-8H2,1-4H3. The molecule has 92 valence electrons. The van der Waals surface area contributed by atoms with Crippen LogP contribution in [0.15, 0.2) is 0 Å². The number of nitrogens with zero attached hydrogens (tertiary/aromatic N) is 1. The minimum absolute atomic E-state index is 0.282. The van der Waals surface area contributed by atoms with Crippen LogP contribution in [0.4, 0.5) is 13.2 Å².